The van der Waals surface area contributed by atoms with Gasteiger partial charge in [-0.15, -0.1) is 5.10 Å². The Morgan fingerprint density at radius 2 is 2.17 bits per heavy atom. The first-order chi connectivity index (χ1) is 11.4. The normalized spacial score (nSPS) is 18.8. The predicted molar refractivity (Wildman–Crippen MR) is 93.6 cm³/mol. The lowest BCUT2D eigenvalue weighted by Crippen LogP contribution is -2.26. The number of hydrogen-bond acceptors (Lipinski definition) is 6. The minimum absolute atomic E-state index is 0.245. The van der Waals surface area contributed by atoms with E-state index in [-0.39, 0.29) is 12.3 Å². The molecular formula is C16H17N3O4S. The molecule has 1 aromatic rings. The smallest absolute Gasteiger partial charge is 0.305 e. The summed E-state index contributed by atoms with van der Waals surface area (Å²) >= 11 is 1.06. The molecule has 0 spiro atoms. The van der Waals surface area contributed by atoms with Crippen LogP contribution in [0.5, 0.6) is 5.75 Å². The van der Waals surface area contributed by atoms with Crippen LogP contribution < -0.4 is 10.1 Å². The van der Waals surface area contributed by atoms with Gasteiger partial charge < -0.3 is 15.2 Å². The second-order valence-corrected chi connectivity index (χ2v) is 6.35. The molecular weight excluding hydrogens is 330 g/mol. The van der Waals surface area contributed by atoms with Gasteiger partial charge >= 0.3 is 5.97 Å². The molecule has 1 fully saturated rings. The molecule has 0 radical (unpaired) electrons. The molecule has 1 aromatic carbocycles. The highest BCUT2D eigenvalue weighted by molar-refractivity contribution is 8.15. The third kappa shape index (κ3) is 5.54. The lowest BCUT2D eigenvalue weighted by atomic mass is 10.2. The fraction of sp³-hybridized carbons (Fsp3) is 0.250. The monoisotopic (exact) mass is 347 g/mol. The van der Waals surface area contributed by atoms with Crippen LogP contribution in [0.1, 0.15) is 18.9 Å². The number of carbonyl (C=O) groups excluding carboxylic acids is 1. The molecule has 24 heavy (non-hydrogen) atoms. The van der Waals surface area contributed by atoms with Crippen molar-refractivity contribution in [3.05, 3.63) is 42.0 Å². The van der Waals surface area contributed by atoms with E-state index < -0.39 is 11.2 Å². The van der Waals surface area contributed by atoms with Crippen LogP contribution in [0.25, 0.3) is 0 Å². The van der Waals surface area contributed by atoms with Gasteiger partial charge in [0.15, 0.2) is 5.17 Å². The summed E-state index contributed by atoms with van der Waals surface area (Å²) < 4.78 is 5.49. The molecule has 1 aliphatic rings. The van der Waals surface area contributed by atoms with E-state index in [9.17, 15) is 9.59 Å². The van der Waals surface area contributed by atoms with Crippen LogP contribution >= 0.6 is 11.8 Å². The van der Waals surface area contributed by atoms with Crippen molar-refractivity contribution >= 4 is 35.0 Å². The van der Waals surface area contributed by atoms with Crippen molar-refractivity contribution < 1.29 is 19.4 Å². The summed E-state index contributed by atoms with van der Waals surface area (Å²) in [4.78, 5) is 22.2. The number of thioether (sulfide) groups is 1. The van der Waals surface area contributed by atoms with Crippen molar-refractivity contribution in [2.24, 2.45) is 10.2 Å². The number of benzene rings is 1. The highest BCUT2D eigenvalue weighted by Crippen LogP contribution is 2.22. The molecule has 1 unspecified atom stereocenters. The van der Waals surface area contributed by atoms with Crippen molar-refractivity contribution in [2.45, 2.75) is 18.6 Å². The Morgan fingerprint density at radius 3 is 2.79 bits per heavy atom. The standard InChI is InChI=1S/C16H17N3O4S/c1-10(2)9-23-12-5-3-11(4-6-12)8-17-19-16-18-15(22)13(24-16)7-14(20)21/h3-6,8,13H,1,7,9H2,2H3,(H,20,21)(H,18,19,22). The molecule has 7 nitrogen and oxygen atoms in total. The number of hydrogen-bond donors (Lipinski definition) is 2. The summed E-state index contributed by atoms with van der Waals surface area (Å²) in [5.41, 5.74) is 1.76. The summed E-state index contributed by atoms with van der Waals surface area (Å²) in [6.45, 7) is 6.12. The van der Waals surface area contributed by atoms with Crippen molar-refractivity contribution in [3.63, 3.8) is 0 Å². The Balaban J connectivity index is 1.90. The first-order valence-electron chi connectivity index (χ1n) is 7.11. The first kappa shape index (κ1) is 17.7. The van der Waals surface area contributed by atoms with Crippen LogP contribution in [-0.4, -0.2) is 40.2 Å². The molecule has 2 rings (SSSR count). The van der Waals surface area contributed by atoms with Gasteiger partial charge in [-0.05, 0) is 42.3 Å². The third-order valence-corrected chi connectivity index (χ3v) is 3.93. The van der Waals surface area contributed by atoms with Gasteiger partial charge in [-0.25, -0.2) is 0 Å². The van der Waals surface area contributed by atoms with Gasteiger partial charge in [0.2, 0.25) is 5.91 Å². The maximum absolute atomic E-state index is 11.6. The van der Waals surface area contributed by atoms with E-state index in [0.717, 1.165) is 28.6 Å². The van der Waals surface area contributed by atoms with E-state index in [1.165, 1.54) is 6.21 Å². The summed E-state index contributed by atoms with van der Waals surface area (Å²) in [6.07, 6.45) is 1.29. The second-order valence-electron chi connectivity index (χ2n) is 5.16. The largest absolute Gasteiger partial charge is 0.489 e. The average molecular weight is 347 g/mol. The lowest BCUT2D eigenvalue weighted by Gasteiger charge is -2.05. The number of rotatable bonds is 7. The number of carboxylic acid groups (broad SMARTS) is 1. The maximum Gasteiger partial charge on any atom is 0.305 e. The zero-order chi connectivity index (χ0) is 17.5. The maximum atomic E-state index is 11.6. The van der Waals surface area contributed by atoms with Gasteiger partial charge in [-0.1, -0.05) is 18.3 Å². The van der Waals surface area contributed by atoms with E-state index in [0.29, 0.717) is 11.8 Å². The summed E-state index contributed by atoms with van der Waals surface area (Å²) in [6, 6.07) is 7.27. The van der Waals surface area contributed by atoms with Crippen LogP contribution in [0.2, 0.25) is 0 Å². The molecule has 0 aliphatic carbocycles. The van der Waals surface area contributed by atoms with E-state index in [2.05, 4.69) is 22.1 Å². The number of carboxylic acids is 1. The van der Waals surface area contributed by atoms with Crippen LogP contribution in [0, 0.1) is 0 Å². The van der Waals surface area contributed by atoms with Crippen molar-refractivity contribution in [2.75, 3.05) is 6.61 Å². The van der Waals surface area contributed by atoms with Crippen molar-refractivity contribution in [3.8, 4) is 5.75 Å². The number of amidine groups is 1. The molecule has 8 heteroatoms. The van der Waals surface area contributed by atoms with Gasteiger partial charge in [0.05, 0.1) is 12.6 Å². The second kappa shape index (κ2) is 8.30. The van der Waals surface area contributed by atoms with E-state index >= 15 is 0 Å². The molecule has 0 saturated carbocycles. The van der Waals surface area contributed by atoms with Crippen molar-refractivity contribution in [1.29, 1.82) is 0 Å². The molecule has 0 aromatic heterocycles. The molecule has 1 heterocycles. The van der Waals surface area contributed by atoms with E-state index in [4.69, 9.17) is 9.84 Å². The van der Waals surface area contributed by atoms with Gasteiger partial charge in [0, 0.05) is 0 Å². The number of amides is 1. The molecule has 1 atom stereocenters. The first-order valence-corrected chi connectivity index (χ1v) is 7.99. The van der Waals surface area contributed by atoms with E-state index in [1.807, 2.05) is 31.2 Å². The summed E-state index contributed by atoms with van der Waals surface area (Å²) in [5.74, 6) is -0.659. The number of aliphatic carboxylic acids is 1. The molecule has 1 amide bonds. The van der Waals surface area contributed by atoms with Crippen molar-refractivity contribution in [1.82, 2.24) is 5.32 Å². The minimum atomic E-state index is -1.03. The Labute approximate surface area is 143 Å². The highest BCUT2D eigenvalue weighted by Gasteiger charge is 2.32. The van der Waals surface area contributed by atoms with E-state index in [1.54, 1.807) is 0 Å². The predicted octanol–water partition coefficient (Wildman–Crippen LogP) is 2.04. The van der Waals surface area contributed by atoms with Gasteiger partial charge in [0.25, 0.3) is 0 Å². The Morgan fingerprint density at radius 1 is 1.46 bits per heavy atom. The number of ether oxygens (including phenoxy) is 1. The Bertz CT molecular complexity index is 698. The van der Waals surface area contributed by atoms with Crippen LogP contribution in [0.3, 0.4) is 0 Å². The zero-order valence-electron chi connectivity index (χ0n) is 13.1. The Kier molecular flexibility index (Phi) is 6.14. The molecule has 1 saturated heterocycles. The average Bonchev–Trinajstić information content (AvgIpc) is 2.85. The molecule has 0 bridgehead atoms. The van der Waals surface area contributed by atoms with Gasteiger partial charge in [-0.3, -0.25) is 9.59 Å². The fourth-order valence-electron chi connectivity index (χ4n) is 1.75. The lowest BCUT2D eigenvalue weighted by molar-refractivity contribution is -0.138. The fourth-order valence-corrected chi connectivity index (χ4v) is 2.66. The van der Waals surface area contributed by atoms with Crippen LogP contribution in [-0.2, 0) is 9.59 Å². The SMILES string of the molecule is C=C(C)COc1ccc(C=NN=C2NC(=O)C(CC(=O)O)S2)cc1. The molecule has 2 N–H and O–H groups in total. The molecule has 1 aliphatic heterocycles. The van der Waals surface area contributed by atoms with Crippen LogP contribution in [0.4, 0.5) is 0 Å². The van der Waals surface area contributed by atoms with Gasteiger partial charge in [-0.2, -0.15) is 5.10 Å². The minimum Gasteiger partial charge on any atom is -0.489 e. The number of carbonyl (C=O) groups is 2. The quantitative estimate of drug-likeness (QED) is 0.447. The third-order valence-electron chi connectivity index (χ3n) is 2.86. The highest BCUT2D eigenvalue weighted by atomic mass is 32.2. The number of nitrogens with zero attached hydrogens (tertiary/aromatic N) is 2. The Hall–Kier alpha value is -2.61. The molecule has 126 valence electrons. The zero-order valence-corrected chi connectivity index (χ0v) is 13.9. The van der Waals surface area contributed by atoms with Gasteiger partial charge in [0.1, 0.15) is 17.6 Å². The summed E-state index contributed by atoms with van der Waals surface area (Å²) in [5, 5.41) is 18.6. The topological polar surface area (TPSA) is 100 Å². The summed E-state index contributed by atoms with van der Waals surface area (Å²) in [7, 11) is 0. The van der Waals surface area contributed by atoms with Crippen LogP contribution in [0.15, 0.2) is 46.6 Å². The number of nitrogens with one attached hydrogen (secondary N) is 1.